The quantitative estimate of drug-likeness (QED) is 0.425. The van der Waals surface area contributed by atoms with Gasteiger partial charge in [0.25, 0.3) is 5.91 Å². The van der Waals surface area contributed by atoms with Crippen LogP contribution in [0.15, 0.2) is 36.2 Å². The van der Waals surface area contributed by atoms with Gasteiger partial charge in [0.15, 0.2) is 0 Å². The number of pyridine rings is 1. The fourth-order valence-corrected chi connectivity index (χ4v) is 3.45. The number of hydrogen-bond acceptors (Lipinski definition) is 6. The number of nitriles is 1. The lowest BCUT2D eigenvalue weighted by molar-refractivity contribution is -0.127. The molecule has 1 N–H and O–H groups in total. The predicted molar refractivity (Wildman–Crippen MR) is 105 cm³/mol. The zero-order valence-electron chi connectivity index (χ0n) is 16.0. The van der Waals surface area contributed by atoms with Gasteiger partial charge in [0.05, 0.1) is 0 Å². The summed E-state index contributed by atoms with van der Waals surface area (Å²) in [6.07, 6.45) is 5.66. The second-order valence-electron chi connectivity index (χ2n) is 6.96. The Hall–Kier alpha value is -3.08. The molecule has 0 unspecified atom stereocenters. The molecule has 0 aromatic carbocycles. The van der Waals surface area contributed by atoms with Crippen LogP contribution in [0.4, 0.5) is 5.82 Å². The molecule has 0 saturated carbocycles. The summed E-state index contributed by atoms with van der Waals surface area (Å²) in [7, 11) is 0. The summed E-state index contributed by atoms with van der Waals surface area (Å²) < 4.78 is 0. The fourth-order valence-electron chi connectivity index (χ4n) is 3.45. The van der Waals surface area contributed by atoms with Crippen molar-refractivity contribution in [1.82, 2.24) is 20.1 Å². The number of hydrogen-bond donors (Lipinski definition) is 1. The predicted octanol–water partition coefficient (Wildman–Crippen LogP) is 0.740. The van der Waals surface area contributed by atoms with Gasteiger partial charge in [-0.25, -0.2) is 4.98 Å². The lowest BCUT2D eigenvalue weighted by Crippen LogP contribution is -2.44. The third kappa shape index (κ3) is 5.22. The standard InChI is InChI=1S/C20H26N6O2/c21-15-17(20(28)23-8-4-10-26-9-3-6-19(26)27)16-24-11-13-25(14-12-24)18-5-1-2-7-22-18/h1-2,5,7,16H,3-4,6,8-14H2,(H,23,28)/b17-16-. The van der Waals surface area contributed by atoms with E-state index in [4.69, 9.17) is 0 Å². The molecule has 0 spiro atoms. The number of anilines is 1. The van der Waals surface area contributed by atoms with Crippen LogP contribution in [0.1, 0.15) is 19.3 Å². The van der Waals surface area contributed by atoms with Crippen LogP contribution in [0.3, 0.4) is 0 Å². The van der Waals surface area contributed by atoms with Crippen LogP contribution in [0.2, 0.25) is 0 Å². The first-order valence-electron chi connectivity index (χ1n) is 9.75. The van der Waals surface area contributed by atoms with Crippen LogP contribution in [-0.4, -0.2) is 72.4 Å². The maximum atomic E-state index is 12.3. The van der Waals surface area contributed by atoms with Crippen molar-refractivity contribution < 1.29 is 9.59 Å². The van der Waals surface area contributed by atoms with Crippen molar-refractivity contribution >= 4 is 17.6 Å². The molecule has 1 aromatic rings. The van der Waals surface area contributed by atoms with E-state index in [9.17, 15) is 14.9 Å². The molecule has 2 saturated heterocycles. The molecule has 148 valence electrons. The number of likely N-dealkylation sites (tertiary alicyclic amines) is 1. The largest absolute Gasteiger partial charge is 0.373 e. The van der Waals surface area contributed by atoms with Gasteiger partial charge in [0, 0.05) is 64.6 Å². The van der Waals surface area contributed by atoms with E-state index in [1.807, 2.05) is 34.1 Å². The van der Waals surface area contributed by atoms with Crippen LogP contribution in [0.25, 0.3) is 0 Å². The summed E-state index contributed by atoms with van der Waals surface area (Å²) in [4.78, 5) is 34.2. The Morgan fingerprint density at radius 1 is 1.25 bits per heavy atom. The molecule has 8 heteroatoms. The molecule has 2 amide bonds. The van der Waals surface area contributed by atoms with Gasteiger partial charge in [-0.05, 0) is 25.0 Å². The summed E-state index contributed by atoms with van der Waals surface area (Å²) in [5.74, 6) is 0.775. The first kappa shape index (κ1) is 19.7. The van der Waals surface area contributed by atoms with E-state index < -0.39 is 0 Å². The normalized spacial score (nSPS) is 17.6. The zero-order valence-corrected chi connectivity index (χ0v) is 16.0. The summed E-state index contributed by atoms with van der Waals surface area (Å²) >= 11 is 0. The van der Waals surface area contributed by atoms with Gasteiger partial charge in [-0.1, -0.05) is 6.07 Å². The van der Waals surface area contributed by atoms with Gasteiger partial charge in [-0.2, -0.15) is 5.26 Å². The van der Waals surface area contributed by atoms with Gasteiger partial charge in [0.2, 0.25) is 5.91 Å². The third-order valence-corrected chi connectivity index (χ3v) is 5.03. The molecule has 0 aliphatic carbocycles. The minimum Gasteiger partial charge on any atom is -0.373 e. The van der Waals surface area contributed by atoms with Crippen molar-refractivity contribution in [3.8, 4) is 6.07 Å². The number of rotatable bonds is 7. The average Bonchev–Trinajstić information content (AvgIpc) is 3.15. The Balaban J connectivity index is 1.42. The highest BCUT2D eigenvalue weighted by atomic mass is 16.2. The molecule has 2 aliphatic heterocycles. The van der Waals surface area contributed by atoms with E-state index in [1.54, 1.807) is 12.4 Å². The second-order valence-corrected chi connectivity index (χ2v) is 6.96. The van der Waals surface area contributed by atoms with Gasteiger partial charge in [0.1, 0.15) is 17.5 Å². The highest BCUT2D eigenvalue weighted by Gasteiger charge is 2.20. The van der Waals surface area contributed by atoms with E-state index in [0.29, 0.717) is 25.9 Å². The van der Waals surface area contributed by atoms with Crippen LogP contribution >= 0.6 is 0 Å². The Morgan fingerprint density at radius 3 is 2.71 bits per heavy atom. The number of carbonyl (C=O) groups excluding carboxylic acids is 2. The maximum absolute atomic E-state index is 12.3. The van der Waals surface area contributed by atoms with Crippen molar-refractivity contribution in [3.63, 3.8) is 0 Å². The van der Waals surface area contributed by atoms with Crippen LogP contribution in [0.5, 0.6) is 0 Å². The highest BCUT2D eigenvalue weighted by Crippen LogP contribution is 2.13. The van der Waals surface area contributed by atoms with Crippen molar-refractivity contribution in [1.29, 1.82) is 5.26 Å². The van der Waals surface area contributed by atoms with Gasteiger partial charge < -0.3 is 20.0 Å². The Bertz CT molecular complexity index is 750. The first-order valence-corrected chi connectivity index (χ1v) is 9.75. The van der Waals surface area contributed by atoms with Gasteiger partial charge in [-0.3, -0.25) is 9.59 Å². The maximum Gasteiger partial charge on any atom is 0.263 e. The average molecular weight is 382 g/mol. The number of nitrogens with one attached hydrogen (secondary N) is 1. The Morgan fingerprint density at radius 2 is 2.07 bits per heavy atom. The molecule has 0 bridgehead atoms. The molecule has 8 nitrogen and oxygen atoms in total. The lowest BCUT2D eigenvalue weighted by atomic mass is 10.2. The number of aromatic nitrogens is 1. The minimum atomic E-state index is -0.359. The second kappa shape index (κ2) is 9.74. The van der Waals surface area contributed by atoms with E-state index in [0.717, 1.165) is 45.0 Å². The lowest BCUT2D eigenvalue weighted by Gasteiger charge is -2.34. The van der Waals surface area contributed by atoms with Crippen molar-refractivity contribution in [2.75, 3.05) is 50.7 Å². The van der Waals surface area contributed by atoms with Crippen LogP contribution in [0, 0.1) is 11.3 Å². The van der Waals surface area contributed by atoms with E-state index in [-0.39, 0.29) is 17.4 Å². The topological polar surface area (TPSA) is 92.6 Å². The van der Waals surface area contributed by atoms with E-state index >= 15 is 0 Å². The smallest absolute Gasteiger partial charge is 0.263 e. The van der Waals surface area contributed by atoms with Crippen molar-refractivity contribution in [2.45, 2.75) is 19.3 Å². The molecular weight excluding hydrogens is 356 g/mol. The molecule has 3 heterocycles. The molecular formula is C20H26N6O2. The Labute approximate surface area is 165 Å². The summed E-state index contributed by atoms with van der Waals surface area (Å²) in [6.45, 7) is 4.95. The molecule has 0 atom stereocenters. The van der Waals surface area contributed by atoms with E-state index in [2.05, 4.69) is 15.2 Å². The monoisotopic (exact) mass is 382 g/mol. The number of piperazine rings is 1. The third-order valence-electron chi connectivity index (χ3n) is 5.03. The minimum absolute atomic E-state index is 0.114. The summed E-state index contributed by atoms with van der Waals surface area (Å²) in [5, 5.41) is 12.1. The molecule has 2 aliphatic rings. The van der Waals surface area contributed by atoms with Crippen LogP contribution < -0.4 is 10.2 Å². The van der Waals surface area contributed by atoms with Gasteiger partial charge >= 0.3 is 0 Å². The molecule has 2 fully saturated rings. The molecule has 0 radical (unpaired) electrons. The zero-order chi connectivity index (χ0) is 19.8. The van der Waals surface area contributed by atoms with Crippen molar-refractivity contribution in [3.05, 3.63) is 36.2 Å². The molecule has 28 heavy (non-hydrogen) atoms. The highest BCUT2D eigenvalue weighted by molar-refractivity contribution is 5.97. The van der Waals surface area contributed by atoms with E-state index in [1.165, 1.54) is 0 Å². The first-order chi connectivity index (χ1) is 13.7. The van der Waals surface area contributed by atoms with Crippen molar-refractivity contribution in [2.24, 2.45) is 0 Å². The number of amides is 2. The molecule has 3 rings (SSSR count). The summed E-state index contributed by atoms with van der Waals surface area (Å²) in [6, 6.07) is 7.84. The SMILES string of the molecule is N#C/C(=C/N1CCN(c2ccccn2)CC1)C(=O)NCCCN1CCCC1=O. The van der Waals surface area contributed by atoms with Gasteiger partial charge in [-0.15, -0.1) is 0 Å². The number of nitrogens with zero attached hydrogens (tertiary/aromatic N) is 5. The Kier molecular flexibility index (Phi) is 6.84. The summed E-state index contributed by atoms with van der Waals surface area (Å²) in [5.41, 5.74) is 0.114. The molecule has 1 aromatic heterocycles. The van der Waals surface area contributed by atoms with Crippen LogP contribution in [-0.2, 0) is 9.59 Å². The fraction of sp³-hybridized carbons (Fsp3) is 0.500. The number of carbonyl (C=O) groups is 2.